The topological polar surface area (TPSA) is 49.4 Å². The Kier molecular flexibility index (Phi) is 9.33. The van der Waals surface area contributed by atoms with E-state index in [1.165, 1.54) is 29.5 Å². The molecule has 0 radical (unpaired) electrons. The van der Waals surface area contributed by atoms with Gasteiger partial charge in [-0.15, -0.1) is 0 Å². The molecule has 1 aliphatic rings. The van der Waals surface area contributed by atoms with Crippen molar-refractivity contribution in [2.45, 2.75) is 83.7 Å². The van der Waals surface area contributed by atoms with Gasteiger partial charge in [-0.2, -0.15) is 0 Å². The van der Waals surface area contributed by atoms with Crippen LogP contribution in [0.2, 0.25) is 0 Å². The highest BCUT2D eigenvalue weighted by molar-refractivity contribution is 5.88. The molecule has 1 atom stereocenters. The highest BCUT2D eigenvalue weighted by atomic mass is 16.2. The zero-order valence-electron chi connectivity index (χ0n) is 19.7. The van der Waals surface area contributed by atoms with Crippen molar-refractivity contribution < 1.29 is 9.59 Å². The third kappa shape index (κ3) is 6.94. The summed E-state index contributed by atoms with van der Waals surface area (Å²) < 4.78 is 0. The zero-order valence-corrected chi connectivity index (χ0v) is 19.7. The molecule has 1 N–H and O–H groups in total. The van der Waals surface area contributed by atoms with Crippen LogP contribution in [-0.2, 0) is 28.9 Å². The fourth-order valence-corrected chi connectivity index (χ4v) is 4.60. The normalized spacial score (nSPS) is 14.8. The Balaban J connectivity index is 1.68. The third-order valence-corrected chi connectivity index (χ3v) is 6.63. The number of rotatable bonds is 11. The fraction of sp³-hybridized carbons (Fsp3) is 0.500. The van der Waals surface area contributed by atoms with E-state index in [0.29, 0.717) is 25.8 Å². The number of nitrogens with zero attached hydrogens (tertiary/aromatic N) is 1. The molecule has 3 rings (SSSR count). The van der Waals surface area contributed by atoms with Gasteiger partial charge in [0.2, 0.25) is 11.8 Å². The van der Waals surface area contributed by atoms with Gasteiger partial charge in [0, 0.05) is 19.0 Å². The van der Waals surface area contributed by atoms with E-state index in [0.717, 1.165) is 25.7 Å². The van der Waals surface area contributed by atoms with Gasteiger partial charge < -0.3 is 10.2 Å². The zero-order chi connectivity index (χ0) is 22.8. The minimum Gasteiger partial charge on any atom is -0.352 e. The molecule has 2 aromatic rings. The van der Waals surface area contributed by atoms with E-state index in [-0.39, 0.29) is 17.9 Å². The first-order valence-electron chi connectivity index (χ1n) is 12.3. The predicted octanol–water partition coefficient (Wildman–Crippen LogP) is 5.09. The van der Waals surface area contributed by atoms with E-state index in [9.17, 15) is 9.59 Å². The van der Waals surface area contributed by atoms with Gasteiger partial charge in [-0.05, 0) is 55.2 Å². The SMILES string of the molecule is CCc1ccc(CCC(=O)N(CCc2ccccc2)C(CC)C(=O)NC2CCCC2)cc1. The maximum Gasteiger partial charge on any atom is 0.243 e. The maximum absolute atomic E-state index is 13.3. The van der Waals surface area contributed by atoms with E-state index < -0.39 is 6.04 Å². The predicted molar refractivity (Wildman–Crippen MR) is 130 cm³/mol. The van der Waals surface area contributed by atoms with Crippen molar-refractivity contribution in [3.63, 3.8) is 0 Å². The smallest absolute Gasteiger partial charge is 0.243 e. The molecular weight excluding hydrogens is 396 g/mol. The number of carbonyl (C=O) groups excluding carboxylic acids is 2. The lowest BCUT2D eigenvalue weighted by molar-refractivity contribution is -0.141. The van der Waals surface area contributed by atoms with Gasteiger partial charge in [-0.3, -0.25) is 9.59 Å². The van der Waals surface area contributed by atoms with Crippen molar-refractivity contribution in [2.75, 3.05) is 6.54 Å². The average molecular weight is 435 g/mol. The number of benzene rings is 2. The van der Waals surface area contributed by atoms with E-state index in [1.54, 1.807) is 0 Å². The van der Waals surface area contributed by atoms with E-state index in [2.05, 4.69) is 48.6 Å². The number of carbonyl (C=O) groups is 2. The Bertz CT molecular complexity index is 841. The molecule has 2 amide bonds. The molecular formula is C28H38N2O2. The van der Waals surface area contributed by atoms with E-state index >= 15 is 0 Å². The van der Waals surface area contributed by atoms with Crippen LogP contribution in [0.4, 0.5) is 0 Å². The lowest BCUT2D eigenvalue weighted by Gasteiger charge is -2.31. The second-order valence-electron chi connectivity index (χ2n) is 8.91. The standard InChI is InChI=1S/C28H38N2O2/c1-3-22-14-16-24(17-15-22)18-19-27(31)30(21-20-23-10-6-5-7-11-23)26(4-2)28(32)29-25-12-8-9-13-25/h5-7,10-11,14-17,25-26H,3-4,8-9,12-13,18-21H2,1-2H3,(H,29,32). The monoisotopic (exact) mass is 434 g/mol. The van der Waals surface area contributed by atoms with Gasteiger partial charge in [-0.1, -0.05) is 81.3 Å². The molecule has 0 bridgehead atoms. The van der Waals surface area contributed by atoms with Crippen molar-refractivity contribution in [1.82, 2.24) is 10.2 Å². The minimum absolute atomic E-state index is 0.00751. The van der Waals surface area contributed by atoms with Gasteiger partial charge in [0.05, 0.1) is 0 Å². The Morgan fingerprint density at radius 1 is 0.906 bits per heavy atom. The van der Waals surface area contributed by atoms with Crippen LogP contribution in [0, 0.1) is 0 Å². The maximum atomic E-state index is 13.3. The first-order valence-corrected chi connectivity index (χ1v) is 12.3. The van der Waals surface area contributed by atoms with Gasteiger partial charge in [0.1, 0.15) is 6.04 Å². The number of aryl methyl sites for hydroxylation is 2. The summed E-state index contributed by atoms with van der Waals surface area (Å²) in [7, 11) is 0. The molecule has 0 saturated heterocycles. The molecule has 32 heavy (non-hydrogen) atoms. The second-order valence-corrected chi connectivity index (χ2v) is 8.91. The summed E-state index contributed by atoms with van der Waals surface area (Å²) in [5.74, 6) is 0.0713. The molecule has 1 fully saturated rings. The van der Waals surface area contributed by atoms with Crippen LogP contribution >= 0.6 is 0 Å². The highest BCUT2D eigenvalue weighted by Crippen LogP contribution is 2.19. The van der Waals surface area contributed by atoms with Crippen molar-refractivity contribution in [3.05, 3.63) is 71.3 Å². The van der Waals surface area contributed by atoms with Crippen molar-refractivity contribution in [3.8, 4) is 0 Å². The quantitative estimate of drug-likeness (QED) is 0.535. The second kappa shape index (κ2) is 12.4. The molecule has 1 unspecified atom stereocenters. The molecule has 0 aliphatic heterocycles. The lowest BCUT2D eigenvalue weighted by Crippen LogP contribution is -2.51. The summed E-state index contributed by atoms with van der Waals surface area (Å²) in [6, 6.07) is 18.6. The first-order chi connectivity index (χ1) is 15.6. The summed E-state index contributed by atoms with van der Waals surface area (Å²) in [5.41, 5.74) is 3.66. The Morgan fingerprint density at radius 3 is 2.16 bits per heavy atom. The Morgan fingerprint density at radius 2 is 1.53 bits per heavy atom. The highest BCUT2D eigenvalue weighted by Gasteiger charge is 2.30. The molecule has 0 aromatic heterocycles. The molecule has 1 aliphatic carbocycles. The summed E-state index contributed by atoms with van der Waals surface area (Å²) in [6.45, 7) is 4.71. The van der Waals surface area contributed by atoms with Crippen LogP contribution in [0.25, 0.3) is 0 Å². The largest absolute Gasteiger partial charge is 0.352 e. The molecule has 1 saturated carbocycles. The molecule has 172 valence electrons. The van der Waals surface area contributed by atoms with Crippen LogP contribution in [0.3, 0.4) is 0 Å². The molecule has 0 heterocycles. The Labute approximate surface area is 193 Å². The fourth-order valence-electron chi connectivity index (χ4n) is 4.60. The van der Waals surface area contributed by atoms with Gasteiger partial charge in [-0.25, -0.2) is 0 Å². The summed E-state index contributed by atoms with van der Waals surface area (Å²) in [4.78, 5) is 28.3. The van der Waals surface area contributed by atoms with Crippen LogP contribution in [0.1, 0.15) is 69.1 Å². The molecule has 4 nitrogen and oxygen atoms in total. The first kappa shape index (κ1) is 24.0. The lowest BCUT2D eigenvalue weighted by atomic mass is 10.0. The number of nitrogens with one attached hydrogen (secondary N) is 1. The van der Waals surface area contributed by atoms with Gasteiger partial charge in [0.15, 0.2) is 0 Å². The Hall–Kier alpha value is -2.62. The third-order valence-electron chi connectivity index (χ3n) is 6.63. The summed E-state index contributed by atoms with van der Waals surface area (Å²) in [5, 5.41) is 3.22. The number of hydrogen-bond donors (Lipinski definition) is 1. The van der Waals surface area contributed by atoms with Crippen LogP contribution in [0.15, 0.2) is 54.6 Å². The van der Waals surface area contributed by atoms with Crippen molar-refractivity contribution in [1.29, 1.82) is 0 Å². The molecule has 0 spiro atoms. The van der Waals surface area contributed by atoms with Crippen LogP contribution in [-0.4, -0.2) is 35.3 Å². The summed E-state index contributed by atoms with van der Waals surface area (Å²) in [6.07, 6.45) is 7.97. The van der Waals surface area contributed by atoms with E-state index in [1.807, 2.05) is 30.0 Å². The number of hydrogen-bond acceptors (Lipinski definition) is 2. The van der Waals surface area contributed by atoms with Crippen LogP contribution < -0.4 is 5.32 Å². The molecule has 2 aromatic carbocycles. The summed E-state index contributed by atoms with van der Waals surface area (Å²) >= 11 is 0. The van der Waals surface area contributed by atoms with Crippen molar-refractivity contribution in [2.24, 2.45) is 0 Å². The molecule has 4 heteroatoms. The van der Waals surface area contributed by atoms with Gasteiger partial charge >= 0.3 is 0 Å². The van der Waals surface area contributed by atoms with Crippen LogP contribution in [0.5, 0.6) is 0 Å². The van der Waals surface area contributed by atoms with Crippen molar-refractivity contribution >= 4 is 11.8 Å². The van der Waals surface area contributed by atoms with E-state index in [4.69, 9.17) is 0 Å². The average Bonchev–Trinajstić information content (AvgIpc) is 3.34. The number of amides is 2. The van der Waals surface area contributed by atoms with Gasteiger partial charge in [0.25, 0.3) is 0 Å². The minimum atomic E-state index is -0.408.